The first-order chi connectivity index (χ1) is 35.0. The van der Waals surface area contributed by atoms with Crippen LogP contribution >= 0.6 is 0 Å². The van der Waals surface area contributed by atoms with Gasteiger partial charge in [0.15, 0.2) is 6.10 Å². The Hall–Kier alpha value is -3.67. The van der Waals surface area contributed by atoms with Crippen LogP contribution in [0.1, 0.15) is 278 Å². The summed E-state index contributed by atoms with van der Waals surface area (Å²) in [4.78, 5) is 38.2. The van der Waals surface area contributed by atoms with E-state index in [4.69, 9.17) is 14.2 Å². The lowest BCUT2D eigenvalue weighted by atomic mass is 10.0. The van der Waals surface area contributed by atoms with E-state index < -0.39 is 6.10 Å². The van der Waals surface area contributed by atoms with Gasteiger partial charge in [-0.15, -0.1) is 0 Å². The molecule has 0 heterocycles. The number of rotatable bonds is 53. The maximum atomic E-state index is 12.9. The van der Waals surface area contributed by atoms with E-state index in [9.17, 15) is 14.4 Å². The zero-order valence-corrected chi connectivity index (χ0v) is 46.5. The zero-order chi connectivity index (χ0) is 51.4. The summed E-state index contributed by atoms with van der Waals surface area (Å²) in [5, 5.41) is 0. The first-order valence-electron chi connectivity index (χ1n) is 29.7. The monoisotopic (exact) mass is 987 g/mol. The highest BCUT2D eigenvalue weighted by molar-refractivity contribution is 5.71. The van der Waals surface area contributed by atoms with Crippen molar-refractivity contribution in [3.8, 4) is 0 Å². The molecule has 1 atom stereocenters. The quantitative estimate of drug-likeness (QED) is 0.0261. The topological polar surface area (TPSA) is 78.9 Å². The molecule has 0 aliphatic carbocycles. The molecule has 406 valence electrons. The maximum absolute atomic E-state index is 12.9. The third kappa shape index (κ3) is 57.1. The van der Waals surface area contributed by atoms with Crippen LogP contribution in [-0.2, 0) is 28.6 Å². The zero-order valence-electron chi connectivity index (χ0n) is 46.5. The second-order valence-corrected chi connectivity index (χ2v) is 19.5. The van der Waals surface area contributed by atoms with Crippen LogP contribution in [0, 0.1) is 0 Å². The highest BCUT2D eigenvalue weighted by Gasteiger charge is 2.19. The van der Waals surface area contributed by atoms with Crippen LogP contribution in [0.25, 0.3) is 0 Å². The Morgan fingerprint density at radius 2 is 0.563 bits per heavy atom. The highest BCUT2D eigenvalue weighted by Crippen LogP contribution is 2.15. The number of carbonyl (C=O) groups is 3. The Bertz CT molecular complexity index is 1410. The molecule has 0 amide bonds. The van der Waals surface area contributed by atoms with Gasteiger partial charge in [-0.2, -0.15) is 0 Å². The van der Waals surface area contributed by atoms with Gasteiger partial charge >= 0.3 is 17.9 Å². The third-order valence-corrected chi connectivity index (χ3v) is 12.5. The molecule has 0 spiro atoms. The van der Waals surface area contributed by atoms with Crippen LogP contribution in [0.5, 0.6) is 0 Å². The lowest BCUT2D eigenvalue weighted by Crippen LogP contribution is -2.30. The molecule has 0 N–H and O–H groups in total. The fourth-order valence-corrected chi connectivity index (χ4v) is 8.09. The third-order valence-electron chi connectivity index (χ3n) is 12.5. The van der Waals surface area contributed by atoms with Crippen molar-refractivity contribution in [2.45, 2.75) is 284 Å². The van der Waals surface area contributed by atoms with Gasteiger partial charge in [0.1, 0.15) is 13.2 Å². The van der Waals surface area contributed by atoms with Crippen LogP contribution < -0.4 is 0 Å². The molecule has 6 heteroatoms. The standard InChI is InChI=1S/C65H110O6/c1-4-7-10-13-16-19-22-25-28-30-31-32-33-35-38-41-44-47-50-53-56-59-65(68)71-62(60-69-63(66)57-54-51-48-45-42-39-36-27-24-21-18-15-12-9-6-3)61-70-64(67)58-55-52-49-46-43-40-37-34-29-26-23-20-17-14-11-8-5-2/h9,12,18,21,25-29,36-37,40,42,45-46,49,62H,4-8,10-11,13-17,19-20,22-24,30-35,38-39,41,43-44,47-48,50-61H2,1-3H3/b12-9-,21-18-,28-25-,29-26-,36-27-,40-37-,45-42-,49-46-/t62-/m1/s1. The van der Waals surface area contributed by atoms with Gasteiger partial charge in [-0.3, -0.25) is 14.4 Å². The van der Waals surface area contributed by atoms with E-state index in [-0.39, 0.29) is 37.5 Å². The first kappa shape index (κ1) is 67.3. The van der Waals surface area contributed by atoms with E-state index in [1.807, 2.05) is 0 Å². The van der Waals surface area contributed by atoms with Crippen molar-refractivity contribution in [3.63, 3.8) is 0 Å². The summed E-state index contributed by atoms with van der Waals surface area (Å²) in [6.07, 6.45) is 78.4. The molecular formula is C65H110O6. The number of carbonyl (C=O) groups excluding carboxylic acids is 3. The van der Waals surface area contributed by atoms with E-state index in [0.717, 1.165) is 77.0 Å². The van der Waals surface area contributed by atoms with Crippen molar-refractivity contribution in [1.82, 2.24) is 0 Å². The molecule has 0 bridgehead atoms. The molecule has 0 rings (SSSR count). The van der Waals surface area contributed by atoms with Crippen LogP contribution in [0.3, 0.4) is 0 Å². The lowest BCUT2D eigenvalue weighted by molar-refractivity contribution is -0.167. The van der Waals surface area contributed by atoms with Crippen molar-refractivity contribution in [3.05, 3.63) is 97.2 Å². The van der Waals surface area contributed by atoms with Crippen LogP contribution in [0.4, 0.5) is 0 Å². The molecule has 0 aliphatic rings. The molecule has 0 saturated carbocycles. The normalized spacial score (nSPS) is 12.8. The fraction of sp³-hybridized carbons (Fsp3) is 0.708. The Labute approximate surface area is 438 Å². The van der Waals surface area contributed by atoms with Gasteiger partial charge in [0, 0.05) is 19.3 Å². The molecular weight excluding hydrogens is 877 g/mol. The average Bonchev–Trinajstić information content (AvgIpc) is 3.37. The molecule has 0 fully saturated rings. The van der Waals surface area contributed by atoms with E-state index in [1.165, 1.54) is 148 Å². The predicted octanol–water partition coefficient (Wildman–Crippen LogP) is 20.1. The molecule has 0 aromatic carbocycles. The largest absolute Gasteiger partial charge is 0.462 e. The van der Waals surface area contributed by atoms with Gasteiger partial charge in [-0.05, 0) is 116 Å². The van der Waals surface area contributed by atoms with Gasteiger partial charge in [-0.1, -0.05) is 240 Å². The first-order valence-corrected chi connectivity index (χ1v) is 29.7. The minimum Gasteiger partial charge on any atom is -0.462 e. The summed E-state index contributed by atoms with van der Waals surface area (Å²) >= 11 is 0. The Morgan fingerprint density at radius 1 is 0.296 bits per heavy atom. The summed E-state index contributed by atoms with van der Waals surface area (Å²) < 4.78 is 16.8. The van der Waals surface area contributed by atoms with Gasteiger partial charge < -0.3 is 14.2 Å². The summed E-state index contributed by atoms with van der Waals surface area (Å²) in [5.41, 5.74) is 0. The Morgan fingerprint density at radius 3 is 0.958 bits per heavy atom. The van der Waals surface area contributed by atoms with Crippen molar-refractivity contribution in [1.29, 1.82) is 0 Å². The molecule has 6 nitrogen and oxygen atoms in total. The summed E-state index contributed by atoms with van der Waals surface area (Å²) in [6, 6.07) is 0. The van der Waals surface area contributed by atoms with Gasteiger partial charge in [-0.25, -0.2) is 0 Å². The molecule has 0 unspecified atom stereocenters. The van der Waals surface area contributed by atoms with Gasteiger partial charge in [0.2, 0.25) is 0 Å². The van der Waals surface area contributed by atoms with Crippen molar-refractivity contribution in [2.24, 2.45) is 0 Å². The van der Waals surface area contributed by atoms with Gasteiger partial charge in [0.25, 0.3) is 0 Å². The van der Waals surface area contributed by atoms with E-state index >= 15 is 0 Å². The SMILES string of the molecule is CC/C=C\C/C=C\C/C=C\C/C=C\CCCCC(=O)OC[C@H](COC(=O)CCC/C=C\C/C=C\C/C=C\CCCCCCCC)OC(=O)CCCCCCCCCCCCC/C=C\CCCCCCCC. The summed E-state index contributed by atoms with van der Waals surface area (Å²) in [6.45, 7) is 6.45. The summed E-state index contributed by atoms with van der Waals surface area (Å²) in [7, 11) is 0. The minimum atomic E-state index is -0.816. The molecule has 0 saturated heterocycles. The number of allylic oxidation sites excluding steroid dienone is 16. The Balaban J connectivity index is 4.48. The molecule has 0 aromatic rings. The van der Waals surface area contributed by atoms with Gasteiger partial charge in [0.05, 0.1) is 0 Å². The van der Waals surface area contributed by atoms with Crippen LogP contribution in [0.2, 0.25) is 0 Å². The number of hydrogen-bond donors (Lipinski definition) is 0. The van der Waals surface area contributed by atoms with E-state index in [0.29, 0.717) is 25.7 Å². The fourth-order valence-electron chi connectivity index (χ4n) is 8.09. The lowest BCUT2D eigenvalue weighted by Gasteiger charge is -2.18. The number of ether oxygens (including phenoxy) is 3. The van der Waals surface area contributed by atoms with E-state index in [1.54, 1.807) is 0 Å². The predicted molar refractivity (Wildman–Crippen MR) is 307 cm³/mol. The van der Waals surface area contributed by atoms with Crippen molar-refractivity contribution in [2.75, 3.05) is 13.2 Å². The molecule has 0 aliphatic heterocycles. The second kappa shape index (κ2) is 58.9. The summed E-state index contributed by atoms with van der Waals surface area (Å²) in [5.74, 6) is -1.00. The second-order valence-electron chi connectivity index (χ2n) is 19.5. The average molecular weight is 988 g/mol. The van der Waals surface area contributed by atoms with Crippen molar-refractivity contribution < 1.29 is 28.6 Å². The molecule has 71 heavy (non-hydrogen) atoms. The van der Waals surface area contributed by atoms with Crippen molar-refractivity contribution >= 4 is 17.9 Å². The maximum Gasteiger partial charge on any atom is 0.306 e. The number of esters is 3. The number of unbranched alkanes of at least 4 members (excludes halogenated alkanes) is 26. The smallest absolute Gasteiger partial charge is 0.306 e. The highest BCUT2D eigenvalue weighted by atomic mass is 16.6. The van der Waals surface area contributed by atoms with E-state index in [2.05, 4.69) is 118 Å². The minimum absolute atomic E-state index is 0.115. The molecule has 0 radical (unpaired) electrons. The van der Waals surface area contributed by atoms with Crippen LogP contribution in [0.15, 0.2) is 97.2 Å². The van der Waals surface area contributed by atoms with Crippen LogP contribution in [-0.4, -0.2) is 37.2 Å². The Kier molecular flexibility index (Phi) is 55.9. The number of hydrogen-bond acceptors (Lipinski definition) is 6. The molecule has 0 aromatic heterocycles.